The fraction of sp³-hybridized carbons (Fsp3) is 0.250. The Balaban J connectivity index is 1.37. The Hall–Kier alpha value is -2.78. The molecule has 0 saturated heterocycles. The molecule has 1 N–H and O–H groups in total. The molecule has 4 aromatic rings. The van der Waals surface area contributed by atoms with Crippen molar-refractivity contribution in [2.24, 2.45) is 0 Å². The highest BCUT2D eigenvalue weighted by molar-refractivity contribution is 7.99. The lowest BCUT2D eigenvalue weighted by Crippen LogP contribution is -2.13. The van der Waals surface area contributed by atoms with E-state index >= 15 is 0 Å². The van der Waals surface area contributed by atoms with Crippen molar-refractivity contribution in [1.82, 2.24) is 24.6 Å². The molecule has 3 aromatic heterocycles. The molecular weight excluding hydrogens is 404 g/mol. The van der Waals surface area contributed by atoms with Gasteiger partial charge in [0, 0.05) is 22.3 Å². The second-order valence-electron chi connectivity index (χ2n) is 6.57. The zero-order chi connectivity index (χ0) is 20.4. The molecule has 0 spiro atoms. The molecule has 0 aliphatic rings. The first kappa shape index (κ1) is 19.5. The first-order valence-corrected chi connectivity index (χ1v) is 11.1. The number of carbonyl (C=O) groups is 1. The zero-order valence-corrected chi connectivity index (χ0v) is 18.0. The number of nitrogens with one attached hydrogen (secondary N) is 1. The van der Waals surface area contributed by atoms with Crippen molar-refractivity contribution in [2.75, 3.05) is 11.1 Å². The van der Waals surface area contributed by atoms with E-state index in [4.69, 9.17) is 0 Å². The molecule has 1 amide bonds. The Labute approximate surface area is 176 Å². The van der Waals surface area contributed by atoms with Crippen LogP contribution in [0.1, 0.15) is 23.9 Å². The number of hydrogen-bond acceptors (Lipinski definition) is 7. The van der Waals surface area contributed by atoms with Crippen molar-refractivity contribution >= 4 is 39.9 Å². The van der Waals surface area contributed by atoms with Gasteiger partial charge in [0.15, 0.2) is 5.13 Å². The summed E-state index contributed by atoms with van der Waals surface area (Å²) in [7, 11) is 0. The summed E-state index contributed by atoms with van der Waals surface area (Å²) in [5.41, 5.74) is 5.04. The van der Waals surface area contributed by atoms with Crippen molar-refractivity contribution in [1.29, 1.82) is 0 Å². The Morgan fingerprint density at radius 2 is 1.97 bits per heavy atom. The number of aryl methyl sites for hydroxylation is 3. The van der Waals surface area contributed by atoms with Crippen LogP contribution in [0.2, 0.25) is 0 Å². The summed E-state index contributed by atoms with van der Waals surface area (Å²) in [6.07, 6.45) is 1.01. The van der Waals surface area contributed by atoms with Crippen LogP contribution in [0.15, 0.2) is 40.9 Å². The van der Waals surface area contributed by atoms with Gasteiger partial charge >= 0.3 is 0 Å². The van der Waals surface area contributed by atoms with Gasteiger partial charge in [0.2, 0.25) is 11.1 Å². The van der Waals surface area contributed by atoms with Gasteiger partial charge < -0.3 is 5.32 Å². The van der Waals surface area contributed by atoms with Crippen LogP contribution in [0, 0.1) is 13.8 Å². The molecule has 7 nitrogen and oxygen atoms in total. The molecule has 0 unspecified atom stereocenters. The maximum absolute atomic E-state index is 12.3. The number of fused-ring (bicyclic) bond motifs is 1. The molecule has 148 valence electrons. The van der Waals surface area contributed by atoms with Crippen LogP contribution in [0.5, 0.6) is 0 Å². The van der Waals surface area contributed by atoms with E-state index in [-0.39, 0.29) is 11.7 Å². The van der Waals surface area contributed by atoms with Crippen LogP contribution in [-0.2, 0) is 11.2 Å². The van der Waals surface area contributed by atoms with Crippen LogP contribution in [0.4, 0.5) is 5.13 Å². The van der Waals surface area contributed by atoms with Crippen LogP contribution in [0.3, 0.4) is 0 Å². The molecule has 0 bridgehead atoms. The smallest absolute Gasteiger partial charge is 0.253 e. The predicted molar refractivity (Wildman–Crippen MR) is 117 cm³/mol. The third-order valence-corrected chi connectivity index (χ3v) is 5.94. The average molecular weight is 425 g/mol. The van der Waals surface area contributed by atoms with Crippen molar-refractivity contribution in [2.45, 2.75) is 32.3 Å². The van der Waals surface area contributed by atoms with E-state index in [0.717, 1.165) is 29.1 Å². The monoisotopic (exact) mass is 424 g/mol. The van der Waals surface area contributed by atoms with Crippen LogP contribution in [0.25, 0.3) is 17.0 Å². The van der Waals surface area contributed by atoms with E-state index < -0.39 is 0 Å². The molecule has 29 heavy (non-hydrogen) atoms. The number of nitrogens with zero attached hydrogens (tertiary/aromatic N) is 5. The van der Waals surface area contributed by atoms with E-state index in [2.05, 4.69) is 56.6 Å². The van der Waals surface area contributed by atoms with E-state index in [1.165, 1.54) is 28.7 Å². The molecule has 4 rings (SSSR count). The van der Waals surface area contributed by atoms with Gasteiger partial charge in [-0.25, -0.2) is 14.5 Å². The summed E-state index contributed by atoms with van der Waals surface area (Å²) in [6.45, 7) is 6.00. The molecule has 0 aliphatic heterocycles. The zero-order valence-electron chi connectivity index (χ0n) is 16.3. The quantitative estimate of drug-likeness (QED) is 0.468. The van der Waals surface area contributed by atoms with Gasteiger partial charge in [-0.2, -0.15) is 4.98 Å². The van der Waals surface area contributed by atoms with Crippen LogP contribution in [-0.4, -0.2) is 36.2 Å². The highest BCUT2D eigenvalue weighted by Crippen LogP contribution is 2.25. The van der Waals surface area contributed by atoms with Crippen molar-refractivity contribution in [3.63, 3.8) is 0 Å². The van der Waals surface area contributed by atoms with Gasteiger partial charge in [0.1, 0.15) is 0 Å². The fourth-order valence-electron chi connectivity index (χ4n) is 2.87. The number of thiazole rings is 1. The molecular formula is C20H20N6OS2. The minimum atomic E-state index is -0.142. The number of amides is 1. The van der Waals surface area contributed by atoms with Crippen molar-refractivity contribution < 1.29 is 4.79 Å². The summed E-state index contributed by atoms with van der Waals surface area (Å²) >= 11 is 2.69. The summed E-state index contributed by atoms with van der Waals surface area (Å²) in [5.74, 6) is 0.607. The van der Waals surface area contributed by atoms with E-state index in [9.17, 15) is 4.79 Å². The third kappa shape index (κ3) is 4.46. The lowest BCUT2D eigenvalue weighted by molar-refractivity contribution is -0.113. The Bertz CT molecular complexity index is 1170. The van der Waals surface area contributed by atoms with Gasteiger partial charge in [-0.1, -0.05) is 43.0 Å². The first-order valence-electron chi connectivity index (χ1n) is 9.20. The van der Waals surface area contributed by atoms with Gasteiger partial charge in [-0.15, -0.1) is 16.4 Å². The molecule has 3 heterocycles. The lowest BCUT2D eigenvalue weighted by Gasteiger charge is -2.00. The molecule has 0 fully saturated rings. The number of benzene rings is 1. The molecule has 0 radical (unpaired) electrons. The number of carbonyl (C=O) groups excluding carboxylic acids is 1. The number of rotatable bonds is 6. The van der Waals surface area contributed by atoms with Gasteiger partial charge in [-0.05, 0) is 31.9 Å². The first-order chi connectivity index (χ1) is 14.0. The molecule has 1 aromatic carbocycles. The van der Waals surface area contributed by atoms with Crippen molar-refractivity contribution in [3.8, 4) is 11.3 Å². The lowest BCUT2D eigenvalue weighted by atomic mass is 10.1. The highest BCUT2D eigenvalue weighted by Gasteiger charge is 2.12. The fourth-order valence-corrected chi connectivity index (χ4v) is 4.22. The number of hydrogen-bond donors (Lipinski definition) is 1. The predicted octanol–water partition coefficient (Wildman–Crippen LogP) is 4.16. The maximum Gasteiger partial charge on any atom is 0.253 e. The van der Waals surface area contributed by atoms with Crippen LogP contribution < -0.4 is 5.32 Å². The Kier molecular flexibility index (Phi) is 5.59. The third-order valence-electron chi connectivity index (χ3n) is 4.34. The van der Waals surface area contributed by atoms with Gasteiger partial charge in [0.25, 0.3) is 5.78 Å². The maximum atomic E-state index is 12.3. The molecule has 0 saturated carbocycles. The molecule has 0 atom stereocenters. The summed E-state index contributed by atoms with van der Waals surface area (Å²) in [6, 6.07) is 10.3. The average Bonchev–Trinajstić information content (AvgIpc) is 3.33. The Morgan fingerprint density at radius 1 is 1.17 bits per heavy atom. The largest absolute Gasteiger partial charge is 0.301 e. The number of anilines is 1. The second-order valence-corrected chi connectivity index (χ2v) is 8.37. The van der Waals surface area contributed by atoms with E-state index in [1.54, 1.807) is 4.52 Å². The standard InChI is InChI=1S/C20H20N6OS2/c1-4-14-5-7-15(8-6-14)16-10-28-19(22-16)23-17(27)11-29-20-24-18-21-12(2)9-13(3)26(18)25-20/h5-10H,4,11H2,1-3H3,(H,22,23,27). The minimum absolute atomic E-state index is 0.142. The highest BCUT2D eigenvalue weighted by atomic mass is 32.2. The molecule has 9 heteroatoms. The number of thioether (sulfide) groups is 1. The minimum Gasteiger partial charge on any atom is -0.301 e. The van der Waals surface area contributed by atoms with E-state index in [0.29, 0.717) is 16.1 Å². The normalized spacial score (nSPS) is 11.1. The molecule has 0 aliphatic carbocycles. The van der Waals surface area contributed by atoms with Crippen molar-refractivity contribution in [3.05, 3.63) is 52.7 Å². The number of aromatic nitrogens is 5. The van der Waals surface area contributed by atoms with Crippen LogP contribution >= 0.6 is 23.1 Å². The van der Waals surface area contributed by atoms with E-state index in [1.807, 2.05) is 25.3 Å². The summed E-state index contributed by atoms with van der Waals surface area (Å²) in [4.78, 5) is 25.6. The topological polar surface area (TPSA) is 85.1 Å². The summed E-state index contributed by atoms with van der Waals surface area (Å²) < 4.78 is 1.68. The van der Waals surface area contributed by atoms with Gasteiger partial charge in [-0.3, -0.25) is 4.79 Å². The van der Waals surface area contributed by atoms with Gasteiger partial charge in [0.05, 0.1) is 11.4 Å². The Morgan fingerprint density at radius 3 is 2.72 bits per heavy atom. The SMILES string of the molecule is CCc1ccc(-c2csc(NC(=O)CSc3nc4nc(C)cc(C)n4n3)n2)cc1. The summed E-state index contributed by atoms with van der Waals surface area (Å²) in [5, 5.41) is 10.3. The second kappa shape index (κ2) is 8.30.